The van der Waals surface area contributed by atoms with Crippen molar-refractivity contribution < 1.29 is 29.6 Å². The van der Waals surface area contributed by atoms with Gasteiger partial charge in [0.15, 0.2) is 0 Å². The zero-order valence-corrected chi connectivity index (χ0v) is 26.8. The van der Waals surface area contributed by atoms with Crippen LogP contribution in [0.2, 0.25) is 0 Å². The maximum absolute atomic E-state index is 13.3. The minimum Gasteiger partial charge on any atom is -0.458 e. The van der Waals surface area contributed by atoms with Crippen LogP contribution in [0.3, 0.4) is 0 Å². The van der Waals surface area contributed by atoms with Crippen molar-refractivity contribution in [2.45, 2.75) is 103 Å². The van der Waals surface area contributed by atoms with Crippen LogP contribution in [0.4, 0.5) is 0 Å². The lowest BCUT2D eigenvalue weighted by Gasteiger charge is -2.68. The Morgan fingerprint density at radius 2 is 1.80 bits per heavy atom. The van der Waals surface area contributed by atoms with Crippen LogP contribution in [0.5, 0.6) is 0 Å². The molecule has 1 aromatic rings. The van der Waals surface area contributed by atoms with Crippen LogP contribution in [-0.4, -0.2) is 52.8 Å². The zero-order valence-electron chi connectivity index (χ0n) is 26.8. The van der Waals surface area contributed by atoms with E-state index in [4.69, 9.17) is 9.47 Å². The lowest BCUT2D eigenvalue weighted by Crippen LogP contribution is -2.67. The minimum absolute atomic E-state index is 0.0409. The molecule has 4 saturated carbocycles. The number of hydrogen-bond donors (Lipinski definition) is 3. The second kappa shape index (κ2) is 9.53. The number of fused-ring (bicyclic) bond motifs is 5. The third-order valence-electron chi connectivity index (χ3n) is 15.2. The molecule has 5 aliphatic carbocycles. The monoisotopic (exact) mass is 602 g/mol. The number of cyclic esters (lactones) is 1. The Kier molecular flexibility index (Phi) is 6.37. The van der Waals surface area contributed by atoms with Crippen molar-refractivity contribution in [2.24, 2.45) is 50.7 Å². The Bertz CT molecular complexity index is 1420. The molecule has 0 amide bonds. The van der Waals surface area contributed by atoms with Gasteiger partial charge < -0.3 is 24.8 Å². The van der Waals surface area contributed by atoms with Crippen molar-refractivity contribution in [3.63, 3.8) is 0 Å². The van der Waals surface area contributed by atoms with E-state index in [-0.39, 0.29) is 75.5 Å². The Balaban J connectivity index is 1.10. The summed E-state index contributed by atoms with van der Waals surface area (Å²) in [6.07, 6.45) is 9.90. The predicted octanol–water partition coefficient (Wildman–Crippen LogP) is 5.92. The molecule has 8 rings (SSSR count). The molecule has 13 atom stereocenters. The normalized spacial score (nSPS) is 52.6. The number of aliphatic hydroxyl groups is 3. The standard InChI is InChI=1S/C38H50O6/c1-22(19-39)14-25-16-26(33(42)44-25)27-11-13-37-20-38(27,37)32(41)18-30-34(2)12-10-24-15-28(23-8-6-5-7-9-23)43-21-35(24,3)29(34)17-31(40)36(30,37)4/h5-10,14,25-32,39-41H,11-13,15-21H2,1-4H3/t25-,26-,27-,28-,29+,30+,31+,32+,34-,35-,36-,37+,38+/m0/s1. The molecule has 2 heterocycles. The van der Waals surface area contributed by atoms with Gasteiger partial charge in [-0.1, -0.05) is 62.8 Å². The van der Waals surface area contributed by atoms with Crippen LogP contribution in [0, 0.1) is 50.7 Å². The molecule has 6 fully saturated rings. The fourth-order valence-electron chi connectivity index (χ4n) is 13.1. The maximum Gasteiger partial charge on any atom is 0.309 e. The van der Waals surface area contributed by atoms with E-state index in [2.05, 4.69) is 57.2 Å². The molecule has 238 valence electrons. The van der Waals surface area contributed by atoms with Crippen molar-refractivity contribution >= 4 is 5.97 Å². The summed E-state index contributed by atoms with van der Waals surface area (Å²) in [5.41, 5.74) is 2.54. The average Bonchev–Trinajstić information content (AvgIpc) is 3.43. The highest BCUT2D eigenvalue weighted by Gasteiger charge is 2.88. The van der Waals surface area contributed by atoms with Crippen LogP contribution in [0.1, 0.15) is 90.7 Å². The van der Waals surface area contributed by atoms with Crippen LogP contribution in [-0.2, 0) is 14.3 Å². The average molecular weight is 603 g/mol. The molecule has 0 aromatic heterocycles. The van der Waals surface area contributed by atoms with Gasteiger partial charge in [0.1, 0.15) is 6.10 Å². The molecular weight excluding hydrogens is 552 g/mol. The van der Waals surface area contributed by atoms with Crippen molar-refractivity contribution in [1.29, 1.82) is 0 Å². The van der Waals surface area contributed by atoms with Gasteiger partial charge in [-0.05, 0) is 97.7 Å². The van der Waals surface area contributed by atoms with E-state index in [0.29, 0.717) is 19.4 Å². The smallest absolute Gasteiger partial charge is 0.309 e. The van der Waals surface area contributed by atoms with Gasteiger partial charge in [0.05, 0.1) is 37.4 Å². The molecule has 44 heavy (non-hydrogen) atoms. The molecule has 0 spiro atoms. The number of esters is 1. The fraction of sp³-hybridized carbons (Fsp3) is 0.711. The number of benzene rings is 1. The van der Waals surface area contributed by atoms with Crippen molar-refractivity contribution in [3.8, 4) is 0 Å². The fourth-order valence-corrected chi connectivity index (χ4v) is 13.1. The Morgan fingerprint density at radius 3 is 2.55 bits per heavy atom. The highest BCUT2D eigenvalue weighted by molar-refractivity contribution is 5.76. The van der Waals surface area contributed by atoms with E-state index in [9.17, 15) is 20.1 Å². The maximum atomic E-state index is 13.3. The SMILES string of the molecule is CC(=C[C@H]1C[C@@H]([C@@H]2CC[C@]34C[C@]23[C@H](O)C[C@@H]2[C@@]3(C)CC=C5C[C@@H](c6ccccc6)OC[C@]5(C)[C@@H]3C[C@@H](O)[C@]24C)C(=O)O1)CO. The Labute approximate surface area is 261 Å². The lowest BCUT2D eigenvalue weighted by atomic mass is 9.37. The first kappa shape index (κ1) is 29.4. The van der Waals surface area contributed by atoms with Gasteiger partial charge in [-0.3, -0.25) is 4.79 Å². The topological polar surface area (TPSA) is 96.2 Å². The molecule has 3 N–H and O–H groups in total. The summed E-state index contributed by atoms with van der Waals surface area (Å²) in [5.74, 6) is 0.151. The number of carbonyl (C=O) groups excluding carboxylic acids is 1. The first-order chi connectivity index (χ1) is 20.9. The van der Waals surface area contributed by atoms with E-state index >= 15 is 0 Å². The van der Waals surface area contributed by atoms with Gasteiger partial charge in [0, 0.05) is 22.7 Å². The van der Waals surface area contributed by atoms with Gasteiger partial charge in [0.25, 0.3) is 0 Å². The summed E-state index contributed by atoms with van der Waals surface area (Å²) in [5, 5.41) is 34.1. The molecule has 6 nitrogen and oxygen atoms in total. The number of hydrogen-bond acceptors (Lipinski definition) is 6. The predicted molar refractivity (Wildman–Crippen MR) is 166 cm³/mol. The highest BCUT2D eigenvalue weighted by atomic mass is 16.5. The molecule has 0 unspecified atom stereocenters. The van der Waals surface area contributed by atoms with Gasteiger partial charge in [-0.15, -0.1) is 0 Å². The minimum atomic E-state index is -0.485. The van der Waals surface area contributed by atoms with E-state index in [0.717, 1.165) is 44.1 Å². The highest BCUT2D eigenvalue weighted by Crippen LogP contribution is 2.90. The summed E-state index contributed by atoms with van der Waals surface area (Å²) in [4.78, 5) is 13.3. The Hall–Kier alpha value is -1.99. The van der Waals surface area contributed by atoms with Gasteiger partial charge in [0.2, 0.25) is 0 Å². The van der Waals surface area contributed by atoms with Crippen LogP contribution >= 0.6 is 0 Å². The number of aliphatic hydroxyl groups excluding tert-OH is 3. The van der Waals surface area contributed by atoms with Crippen LogP contribution in [0.25, 0.3) is 0 Å². The largest absolute Gasteiger partial charge is 0.458 e. The van der Waals surface area contributed by atoms with Crippen molar-refractivity contribution in [1.82, 2.24) is 0 Å². The van der Waals surface area contributed by atoms with Gasteiger partial charge in [-0.2, -0.15) is 0 Å². The van der Waals surface area contributed by atoms with Crippen molar-refractivity contribution in [2.75, 3.05) is 13.2 Å². The third kappa shape index (κ3) is 3.49. The van der Waals surface area contributed by atoms with E-state index in [1.54, 1.807) is 0 Å². The lowest BCUT2D eigenvalue weighted by molar-refractivity contribution is -0.240. The van der Waals surface area contributed by atoms with Gasteiger partial charge in [-0.25, -0.2) is 0 Å². The quantitative estimate of drug-likeness (QED) is 0.293. The molecule has 2 saturated heterocycles. The summed E-state index contributed by atoms with van der Waals surface area (Å²) in [6.45, 7) is 9.65. The number of allylic oxidation sites excluding steroid dienone is 1. The van der Waals surface area contributed by atoms with E-state index in [1.165, 1.54) is 11.1 Å². The van der Waals surface area contributed by atoms with E-state index < -0.39 is 12.2 Å². The summed E-state index contributed by atoms with van der Waals surface area (Å²) in [7, 11) is 0. The first-order valence-electron chi connectivity index (χ1n) is 17.2. The van der Waals surface area contributed by atoms with Crippen LogP contribution < -0.4 is 0 Å². The number of ether oxygens (including phenoxy) is 2. The summed E-state index contributed by atoms with van der Waals surface area (Å²) in [6, 6.07) is 10.5. The first-order valence-corrected chi connectivity index (χ1v) is 17.2. The number of carbonyl (C=O) groups is 1. The summed E-state index contributed by atoms with van der Waals surface area (Å²) >= 11 is 0. The second-order valence-electron chi connectivity index (χ2n) is 16.6. The molecule has 0 bridgehead atoms. The molecule has 2 aliphatic heterocycles. The van der Waals surface area contributed by atoms with E-state index in [1.807, 2.05) is 13.0 Å². The van der Waals surface area contributed by atoms with Crippen molar-refractivity contribution in [3.05, 3.63) is 59.2 Å². The molecule has 1 aromatic carbocycles. The third-order valence-corrected chi connectivity index (χ3v) is 15.2. The Morgan fingerprint density at radius 1 is 1.05 bits per heavy atom. The molecular formula is C38H50O6. The zero-order chi connectivity index (χ0) is 30.9. The summed E-state index contributed by atoms with van der Waals surface area (Å²) < 4.78 is 12.4. The second-order valence-corrected chi connectivity index (χ2v) is 16.6. The van der Waals surface area contributed by atoms with Crippen LogP contribution in [0.15, 0.2) is 53.6 Å². The number of rotatable bonds is 4. The molecule has 0 radical (unpaired) electrons. The molecule has 6 heteroatoms. The molecule has 7 aliphatic rings. The van der Waals surface area contributed by atoms with Gasteiger partial charge >= 0.3 is 5.97 Å².